The lowest BCUT2D eigenvalue weighted by molar-refractivity contribution is -0.146. The monoisotopic (exact) mass is 363 g/mol. The lowest BCUT2D eigenvalue weighted by atomic mass is 10.1. The maximum absolute atomic E-state index is 12.8. The van der Waals surface area contributed by atoms with Gasteiger partial charge in [-0.2, -0.15) is 0 Å². The summed E-state index contributed by atoms with van der Waals surface area (Å²) in [7, 11) is 1.38. The summed E-state index contributed by atoms with van der Waals surface area (Å²) in [4.78, 5) is 26.3. The molecule has 0 N–H and O–H groups in total. The summed E-state index contributed by atoms with van der Waals surface area (Å²) in [5.41, 5.74) is 0.947. The lowest BCUT2D eigenvalue weighted by Gasteiger charge is -2.25. The van der Waals surface area contributed by atoms with Crippen LogP contribution in [0.5, 0.6) is 5.75 Å². The van der Waals surface area contributed by atoms with Crippen LogP contribution in [0.25, 0.3) is 0 Å². The van der Waals surface area contributed by atoms with E-state index in [1.807, 2.05) is 31.2 Å². The summed E-state index contributed by atoms with van der Waals surface area (Å²) in [6.45, 7) is 7.60. The SMILES string of the molecule is CCCCCCN(CC(C)C(=O)OC)C(=O)Cc1ccc(OCC)cc1. The van der Waals surface area contributed by atoms with Gasteiger partial charge < -0.3 is 14.4 Å². The highest BCUT2D eigenvalue weighted by Gasteiger charge is 2.21. The minimum absolute atomic E-state index is 0.0430. The highest BCUT2D eigenvalue weighted by Crippen LogP contribution is 2.14. The number of methoxy groups -OCH3 is 1. The van der Waals surface area contributed by atoms with Gasteiger partial charge in [0.15, 0.2) is 0 Å². The molecule has 0 saturated carbocycles. The molecule has 0 radical (unpaired) electrons. The molecule has 5 heteroatoms. The Hall–Kier alpha value is -2.04. The predicted molar refractivity (Wildman–Crippen MR) is 103 cm³/mol. The molecule has 0 aliphatic carbocycles. The Labute approximate surface area is 157 Å². The molecule has 0 spiro atoms. The van der Waals surface area contributed by atoms with Crippen molar-refractivity contribution in [3.05, 3.63) is 29.8 Å². The van der Waals surface area contributed by atoms with Crippen LogP contribution < -0.4 is 4.74 Å². The summed E-state index contributed by atoms with van der Waals surface area (Å²) in [6.07, 6.45) is 4.69. The molecule has 0 aromatic heterocycles. The van der Waals surface area contributed by atoms with Crippen molar-refractivity contribution in [2.24, 2.45) is 5.92 Å². The molecule has 1 unspecified atom stereocenters. The fourth-order valence-corrected chi connectivity index (χ4v) is 2.81. The van der Waals surface area contributed by atoms with Gasteiger partial charge >= 0.3 is 5.97 Å². The van der Waals surface area contributed by atoms with Crippen LogP contribution in [0.3, 0.4) is 0 Å². The number of rotatable bonds is 12. The highest BCUT2D eigenvalue weighted by atomic mass is 16.5. The van der Waals surface area contributed by atoms with E-state index < -0.39 is 0 Å². The summed E-state index contributed by atoms with van der Waals surface area (Å²) >= 11 is 0. The summed E-state index contributed by atoms with van der Waals surface area (Å²) in [5.74, 6) is 0.244. The molecule has 1 rings (SSSR count). The van der Waals surface area contributed by atoms with Crippen molar-refractivity contribution in [1.82, 2.24) is 4.90 Å². The van der Waals surface area contributed by atoms with E-state index in [1.165, 1.54) is 7.11 Å². The number of amides is 1. The largest absolute Gasteiger partial charge is 0.494 e. The number of esters is 1. The van der Waals surface area contributed by atoms with Gasteiger partial charge in [-0.25, -0.2) is 0 Å². The van der Waals surface area contributed by atoms with Gasteiger partial charge in [-0.1, -0.05) is 45.2 Å². The van der Waals surface area contributed by atoms with Crippen LogP contribution >= 0.6 is 0 Å². The number of hydrogen-bond donors (Lipinski definition) is 0. The number of benzene rings is 1. The Kier molecular flexibility index (Phi) is 10.4. The smallest absolute Gasteiger partial charge is 0.310 e. The maximum atomic E-state index is 12.8. The average Bonchev–Trinajstić information content (AvgIpc) is 2.65. The molecular formula is C21H33NO4. The number of nitrogens with zero attached hydrogens (tertiary/aromatic N) is 1. The van der Waals surface area contributed by atoms with Gasteiger partial charge in [0.1, 0.15) is 5.75 Å². The Morgan fingerprint density at radius 3 is 2.35 bits per heavy atom. The Bertz CT molecular complexity index is 541. The van der Waals surface area contributed by atoms with Crippen LogP contribution in [0.15, 0.2) is 24.3 Å². The summed E-state index contributed by atoms with van der Waals surface area (Å²) in [5, 5.41) is 0. The second-order valence-electron chi connectivity index (χ2n) is 6.58. The molecule has 5 nitrogen and oxygen atoms in total. The first-order valence-electron chi connectivity index (χ1n) is 9.59. The van der Waals surface area contributed by atoms with E-state index in [-0.39, 0.29) is 17.8 Å². The van der Waals surface area contributed by atoms with Crippen LogP contribution in [-0.4, -0.2) is 43.6 Å². The topological polar surface area (TPSA) is 55.8 Å². The first kappa shape index (κ1) is 22.0. The van der Waals surface area contributed by atoms with Gasteiger partial charge in [0.05, 0.1) is 26.1 Å². The van der Waals surface area contributed by atoms with E-state index in [0.717, 1.165) is 37.0 Å². The van der Waals surface area contributed by atoms with Crippen LogP contribution in [-0.2, 0) is 20.7 Å². The summed E-state index contributed by atoms with van der Waals surface area (Å²) < 4.78 is 10.2. The molecule has 0 aliphatic rings. The molecule has 146 valence electrons. The van der Waals surface area contributed by atoms with E-state index in [9.17, 15) is 9.59 Å². The molecule has 1 aromatic rings. The number of unbranched alkanes of at least 4 members (excludes halogenated alkanes) is 3. The Morgan fingerprint density at radius 2 is 1.77 bits per heavy atom. The molecule has 1 amide bonds. The van der Waals surface area contributed by atoms with E-state index in [1.54, 1.807) is 11.8 Å². The van der Waals surface area contributed by atoms with Crippen LogP contribution in [0.4, 0.5) is 0 Å². The third kappa shape index (κ3) is 7.89. The van der Waals surface area contributed by atoms with Crippen LogP contribution in [0.2, 0.25) is 0 Å². The third-order valence-corrected chi connectivity index (χ3v) is 4.32. The molecule has 0 aliphatic heterocycles. The van der Waals surface area contributed by atoms with Crippen molar-refractivity contribution in [3.63, 3.8) is 0 Å². The van der Waals surface area contributed by atoms with Crippen LogP contribution in [0, 0.1) is 5.92 Å². The van der Waals surface area contributed by atoms with E-state index >= 15 is 0 Å². The zero-order chi connectivity index (χ0) is 19.4. The zero-order valence-corrected chi connectivity index (χ0v) is 16.6. The number of carbonyl (C=O) groups excluding carboxylic acids is 2. The fourth-order valence-electron chi connectivity index (χ4n) is 2.81. The molecule has 1 aromatic carbocycles. The second kappa shape index (κ2) is 12.3. The van der Waals surface area contributed by atoms with Gasteiger partial charge in [0.2, 0.25) is 5.91 Å². The van der Waals surface area contributed by atoms with E-state index in [0.29, 0.717) is 26.1 Å². The van der Waals surface area contributed by atoms with Crippen molar-refractivity contribution < 1.29 is 19.1 Å². The quantitative estimate of drug-likeness (QED) is 0.418. The molecule has 26 heavy (non-hydrogen) atoms. The summed E-state index contributed by atoms with van der Waals surface area (Å²) in [6, 6.07) is 7.60. The molecular weight excluding hydrogens is 330 g/mol. The average molecular weight is 363 g/mol. The highest BCUT2D eigenvalue weighted by molar-refractivity contribution is 5.80. The van der Waals surface area contributed by atoms with E-state index in [4.69, 9.17) is 9.47 Å². The van der Waals surface area contributed by atoms with Crippen molar-refractivity contribution in [1.29, 1.82) is 0 Å². The molecule has 1 atom stereocenters. The number of carbonyl (C=O) groups is 2. The van der Waals surface area contributed by atoms with Crippen molar-refractivity contribution >= 4 is 11.9 Å². The zero-order valence-electron chi connectivity index (χ0n) is 16.6. The first-order chi connectivity index (χ1) is 12.5. The third-order valence-electron chi connectivity index (χ3n) is 4.32. The van der Waals surface area contributed by atoms with Gasteiger partial charge in [0.25, 0.3) is 0 Å². The normalized spacial score (nSPS) is 11.7. The molecule has 0 bridgehead atoms. The van der Waals surface area contributed by atoms with Crippen molar-refractivity contribution in [2.75, 3.05) is 26.8 Å². The van der Waals surface area contributed by atoms with E-state index in [2.05, 4.69) is 6.92 Å². The minimum Gasteiger partial charge on any atom is -0.494 e. The molecule has 0 saturated heterocycles. The standard InChI is InChI=1S/C21H33NO4/c1-5-7-8-9-14-22(16-17(3)21(24)25-4)20(23)15-18-10-12-19(13-11-18)26-6-2/h10-13,17H,5-9,14-16H2,1-4H3. The van der Waals surface area contributed by atoms with Gasteiger partial charge in [-0.3, -0.25) is 9.59 Å². The van der Waals surface area contributed by atoms with Gasteiger partial charge in [0, 0.05) is 13.1 Å². The van der Waals surface area contributed by atoms with Gasteiger partial charge in [-0.05, 0) is 31.0 Å². The first-order valence-corrected chi connectivity index (χ1v) is 9.59. The number of ether oxygens (including phenoxy) is 2. The Balaban J connectivity index is 2.69. The molecule has 0 heterocycles. The maximum Gasteiger partial charge on any atom is 0.310 e. The number of hydrogen-bond acceptors (Lipinski definition) is 4. The van der Waals surface area contributed by atoms with Crippen LogP contribution in [0.1, 0.15) is 52.0 Å². The molecule has 0 fully saturated rings. The fraction of sp³-hybridized carbons (Fsp3) is 0.619. The Morgan fingerprint density at radius 1 is 1.08 bits per heavy atom. The lowest BCUT2D eigenvalue weighted by Crippen LogP contribution is -2.38. The van der Waals surface area contributed by atoms with Crippen molar-refractivity contribution in [3.8, 4) is 5.75 Å². The minimum atomic E-state index is -0.324. The van der Waals surface area contributed by atoms with Crippen molar-refractivity contribution in [2.45, 2.75) is 52.9 Å². The predicted octanol–water partition coefficient (Wildman–Crippen LogP) is 3.85. The second-order valence-corrected chi connectivity index (χ2v) is 6.58. The van der Waals surface area contributed by atoms with Gasteiger partial charge in [-0.15, -0.1) is 0 Å².